The summed E-state index contributed by atoms with van der Waals surface area (Å²) in [4.78, 5) is 28.5. The number of benzene rings is 1. The van der Waals surface area contributed by atoms with Crippen LogP contribution in [0, 0.1) is 12.7 Å². The van der Waals surface area contributed by atoms with E-state index in [1.807, 2.05) is 6.92 Å². The van der Waals surface area contributed by atoms with Crippen LogP contribution in [0.1, 0.15) is 19.5 Å². The highest BCUT2D eigenvalue weighted by Crippen LogP contribution is 2.34. The molecule has 5 nitrogen and oxygen atoms in total. The van der Waals surface area contributed by atoms with Gasteiger partial charge in [-0.15, -0.1) is 21.5 Å². The number of hydrogen-bond donors (Lipinski definition) is 0. The molecule has 0 saturated carbocycles. The maximum absolute atomic E-state index is 13.1. The first-order chi connectivity index (χ1) is 12.8. The first-order valence-corrected chi connectivity index (χ1v) is 9.80. The lowest BCUT2D eigenvalue weighted by Crippen LogP contribution is -2.22. The Hall–Kier alpha value is -2.45. The number of Topliss-reactive ketones (excluding diaryl/α,β-unsaturated/α-hetero) is 2. The lowest BCUT2D eigenvalue weighted by Gasteiger charge is -2.08. The number of nitrogens with zero attached hydrogens (tertiary/aromatic N) is 3. The van der Waals surface area contributed by atoms with Crippen molar-refractivity contribution in [3.8, 4) is 21.1 Å². The second kappa shape index (κ2) is 8.06. The molecule has 3 aromatic rings. The Bertz CT molecular complexity index is 971. The molecule has 0 spiro atoms. The van der Waals surface area contributed by atoms with Crippen molar-refractivity contribution >= 4 is 34.7 Å². The number of aromatic nitrogens is 3. The maximum atomic E-state index is 13.1. The zero-order valence-electron chi connectivity index (χ0n) is 14.9. The number of carbonyl (C=O) groups excluding carboxylic acids is 2. The Morgan fingerprint density at radius 1 is 1.04 bits per heavy atom. The van der Waals surface area contributed by atoms with Gasteiger partial charge in [-0.05, 0) is 57.2 Å². The number of hydrogen-bond acceptors (Lipinski definition) is 7. The van der Waals surface area contributed by atoms with Gasteiger partial charge in [-0.3, -0.25) is 9.59 Å². The smallest absolute Gasteiger partial charge is 0.150 e. The van der Waals surface area contributed by atoms with Crippen LogP contribution in [0.25, 0.3) is 21.1 Å². The molecule has 2 aromatic heterocycles. The molecule has 0 N–H and O–H groups in total. The predicted octanol–water partition coefficient (Wildman–Crippen LogP) is 4.35. The highest BCUT2D eigenvalue weighted by atomic mass is 32.2. The summed E-state index contributed by atoms with van der Waals surface area (Å²) in [5.74, 6) is -0.707. The van der Waals surface area contributed by atoms with E-state index < -0.39 is 5.25 Å². The van der Waals surface area contributed by atoms with Crippen LogP contribution in [0.4, 0.5) is 4.39 Å². The average molecular weight is 401 g/mol. The van der Waals surface area contributed by atoms with Crippen molar-refractivity contribution in [3.05, 3.63) is 47.9 Å². The lowest BCUT2D eigenvalue weighted by atomic mass is 10.2. The number of ketones is 2. The van der Waals surface area contributed by atoms with E-state index in [4.69, 9.17) is 0 Å². The van der Waals surface area contributed by atoms with Crippen LogP contribution in [-0.2, 0) is 9.59 Å². The molecule has 0 saturated heterocycles. The number of carbonyl (C=O) groups is 2. The summed E-state index contributed by atoms with van der Waals surface area (Å²) in [5.41, 5.74) is 2.30. The van der Waals surface area contributed by atoms with Gasteiger partial charge >= 0.3 is 0 Å². The van der Waals surface area contributed by atoms with E-state index in [-0.39, 0.29) is 17.4 Å². The summed E-state index contributed by atoms with van der Waals surface area (Å²) in [6.45, 7) is 4.65. The van der Waals surface area contributed by atoms with Crippen LogP contribution in [-0.4, -0.2) is 32.0 Å². The topological polar surface area (TPSA) is 72.8 Å². The first-order valence-electron chi connectivity index (χ1n) is 8.10. The second-order valence-corrected chi connectivity index (χ2v) is 8.04. The normalized spacial score (nSPS) is 11.0. The molecule has 0 aliphatic carbocycles. The molecule has 8 heteroatoms. The molecular formula is C19H16FN3O2S2. The molecule has 0 atom stereocenters. The fraction of sp³-hybridized carbons (Fsp3) is 0.211. The molecule has 0 radical (unpaired) electrons. The van der Waals surface area contributed by atoms with Crippen LogP contribution >= 0.6 is 23.1 Å². The minimum Gasteiger partial charge on any atom is -0.298 e. The zero-order valence-corrected chi connectivity index (χ0v) is 16.5. The van der Waals surface area contributed by atoms with Crippen molar-refractivity contribution < 1.29 is 14.0 Å². The van der Waals surface area contributed by atoms with Crippen molar-refractivity contribution in [1.29, 1.82) is 0 Å². The lowest BCUT2D eigenvalue weighted by molar-refractivity contribution is -0.123. The third-order valence-corrected chi connectivity index (χ3v) is 6.33. The van der Waals surface area contributed by atoms with Gasteiger partial charge in [0.25, 0.3) is 0 Å². The summed E-state index contributed by atoms with van der Waals surface area (Å²) in [5, 5.41) is 8.87. The van der Waals surface area contributed by atoms with Crippen LogP contribution in [0.2, 0.25) is 0 Å². The van der Waals surface area contributed by atoms with Gasteiger partial charge in [-0.25, -0.2) is 9.37 Å². The van der Waals surface area contributed by atoms with Gasteiger partial charge in [0, 0.05) is 5.56 Å². The fourth-order valence-electron chi connectivity index (χ4n) is 2.43. The molecule has 138 valence electrons. The fourth-order valence-corrected chi connectivity index (χ4v) is 4.27. The molecule has 0 fully saturated rings. The predicted molar refractivity (Wildman–Crippen MR) is 104 cm³/mol. The Kier molecular flexibility index (Phi) is 5.76. The number of halogens is 1. The number of aryl methyl sites for hydroxylation is 1. The minimum atomic E-state index is -0.764. The van der Waals surface area contributed by atoms with Gasteiger partial charge in [-0.2, -0.15) is 0 Å². The first kappa shape index (κ1) is 19.3. The van der Waals surface area contributed by atoms with E-state index in [1.54, 1.807) is 24.3 Å². The van der Waals surface area contributed by atoms with Crippen molar-refractivity contribution in [2.45, 2.75) is 31.0 Å². The van der Waals surface area contributed by atoms with Crippen molar-refractivity contribution in [1.82, 2.24) is 15.2 Å². The highest BCUT2D eigenvalue weighted by Gasteiger charge is 2.22. The molecule has 1 aromatic carbocycles. The molecular weight excluding hydrogens is 385 g/mol. The standard InChI is InChI=1S/C19H16FN3O2S2/c1-10-17(27-19(21-10)13-4-6-14(20)7-5-13)15-8-9-16(23-22-15)26-18(11(2)24)12(3)25/h4-9,18H,1-3H3. The summed E-state index contributed by atoms with van der Waals surface area (Å²) in [6, 6.07) is 9.71. The second-order valence-electron chi connectivity index (χ2n) is 5.92. The van der Waals surface area contributed by atoms with Crippen molar-refractivity contribution in [2.24, 2.45) is 0 Å². The zero-order chi connectivity index (χ0) is 19.6. The van der Waals surface area contributed by atoms with E-state index in [0.717, 1.165) is 32.9 Å². The SMILES string of the molecule is CC(=O)C(Sc1ccc(-c2sc(-c3ccc(F)cc3)nc2C)nn1)C(C)=O. The summed E-state index contributed by atoms with van der Waals surface area (Å²) < 4.78 is 13.1. The van der Waals surface area contributed by atoms with E-state index in [1.165, 1.54) is 37.3 Å². The van der Waals surface area contributed by atoms with Gasteiger partial charge in [-0.1, -0.05) is 11.8 Å². The van der Waals surface area contributed by atoms with E-state index in [9.17, 15) is 14.0 Å². The Morgan fingerprint density at radius 2 is 1.70 bits per heavy atom. The van der Waals surface area contributed by atoms with Gasteiger partial charge in [0.2, 0.25) is 0 Å². The molecule has 0 amide bonds. The summed E-state index contributed by atoms with van der Waals surface area (Å²) in [6.07, 6.45) is 0. The molecule has 0 aliphatic heterocycles. The number of rotatable bonds is 6. The highest BCUT2D eigenvalue weighted by molar-refractivity contribution is 8.01. The molecule has 27 heavy (non-hydrogen) atoms. The van der Waals surface area contributed by atoms with Crippen LogP contribution in [0.3, 0.4) is 0 Å². The van der Waals surface area contributed by atoms with Gasteiger partial charge in [0.1, 0.15) is 26.8 Å². The number of thiazole rings is 1. The van der Waals surface area contributed by atoms with E-state index >= 15 is 0 Å². The quantitative estimate of drug-likeness (QED) is 0.452. The Balaban J connectivity index is 1.84. The molecule has 0 aliphatic rings. The van der Waals surface area contributed by atoms with Gasteiger partial charge in [0.05, 0.1) is 10.6 Å². The molecule has 3 rings (SSSR count). The minimum absolute atomic E-state index is 0.208. The van der Waals surface area contributed by atoms with Crippen LogP contribution in [0.5, 0.6) is 0 Å². The van der Waals surface area contributed by atoms with Gasteiger partial charge in [0.15, 0.2) is 11.6 Å². The molecule has 2 heterocycles. The maximum Gasteiger partial charge on any atom is 0.150 e. The Labute approximate surface area is 164 Å². The van der Waals surface area contributed by atoms with Gasteiger partial charge < -0.3 is 0 Å². The molecule has 0 bridgehead atoms. The summed E-state index contributed by atoms with van der Waals surface area (Å²) >= 11 is 2.55. The third kappa shape index (κ3) is 4.45. The summed E-state index contributed by atoms with van der Waals surface area (Å²) in [7, 11) is 0. The average Bonchev–Trinajstić information content (AvgIpc) is 3.02. The third-order valence-electron chi connectivity index (χ3n) is 3.74. The van der Waals surface area contributed by atoms with E-state index in [2.05, 4.69) is 15.2 Å². The van der Waals surface area contributed by atoms with E-state index in [0.29, 0.717) is 10.7 Å². The Morgan fingerprint density at radius 3 is 2.26 bits per heavy atom. The van der Waals surface area contributed by atoms with Crippen molar-refractivity contribution in [2.75, 3.05) is 0 Å². The van der Waals surface area contributed by atoms with Crippen LogP contribution in [0.15, 0.2) is 41.4 Å². The molecule has 0 unspecified atom stereocenters. The largest absolute Gasteiger partial charge is 0.298 e. The number of thioether (sulfide) groups is 1. The van der Waals surface area contributed by atoms with Crippen molar-refractivity contribution in [3.63, 3.8) is 0 Å². The monoisotopic (exact) mass is 401 g/mol. The van der Waals surface area contributed by atoms with Crippen LogP contribution < -0.4 is 0 Å².